The summed E-state index contributed by atoms with van der Waals surface area (Å²) in [6, 6.07) is 0. The van der Waals surface area contributed by atoms with Gasteiger partial charge in [-0.25, -0.2) is 9.05 Å². The van der Waals surface area contributed by atoms with Crippen molar-refractivity contribution in [3.63, 3.8) is 0 Å². The zero-order valence-corrected chi connectivity index (χ0v) is 7.78. The Balaban J connectivity index is 0. The highest BCUT2D eigenvalue weighted by atomic mass is 31.1. The van der Waals surface area contributed by atoms with Crippen LogP contribution in [-0.2, 0) is 18.2 Å². The van der Waals surface area contributed by atoms with E-state index in [4.69, 9.17) is 14.4 Å². The second kappa shape index (κ2) is 10.2. The standard InChI is InChI=1S/C4H6O3P.HO3P/c1-3-6-8(5)7-4-2;1-4(2)3/h3-4H,1-2H2;(H-,1,2,3)/q+1;/p+1. The minimum absolute atomic E-state index is 1.04. The van der Waals surface area contributed by atoms with Gasteiger partial charge in [0.05, 0.1) is 0 Å². The average Bonchev–Trinajstić information content (AvgIpc) is 1.87. The largest absolute Gasteiger partial charge is 0.804 e. The first-order chi connectivity index (χ1) is 5.54. The van der Waals surface area contributed by atoms with Crippen LogP contribution in [0.15, 0.2) is 25.7 Å². The van der Waals surface area contributed by atoms with Gasteiger partial charge in [0.2, 0.25) is 0 Å². The molecule has 0 unspecified atom stereocenters. The molecule has 0 aromatic rings. The SMILES string of the molecule is C=CO[P+](=O)OC=C.O=[P+](O)O. The highest BCUT2D eigenvalue weighted by Crippen LogP contribution is 2.22. The summed E-state index contributed by atoms with van der Waals surface area (Å²) in [5, 5.41) is 0. The Morgan fingerprint density at radius 3 is 1.50 bits per heavy atom. The molecule has 0 aliphatic carbocycles. The van der Waals surface area contributed by atoms with E-state index in [0.29, 0.717) is 0 Å². The molecule has 6 nitrogen and oxygen atoms in total. The van der Waals surface area contributed by atoms with E-state index in [1.165, 1.54) is 0 Å². The predicted octanol–water partition coefficient (Wildman–Crippen LogP) is 1.59. The van der Waals surface area contributed by atoms with Crippen molar-refractivity contribution < 1.29 is 28.0 Å². The van der Waals surface area contributed by atoms with Crippen LogP contribution in [0.1, 0.15) is 0 Å². The first kappa shape index (κ1) is 13.8. The van der Waals surface area contributed by atoms with E-state index in [9.17, 15) is 4.57 Å². The third kappa shape index (κ3) is 22.9. The summed E-state index contributed by atoms with van der Waals surface area (Å²) in [5.41, 5.74) is 0. The molecular formula is C4H8O6P2+2. The molecule has 0 spiro atoms. The molecule has 0 aliphatic heterocycles. The summed E-state index contributed by atoms with van der Waals surface area (Å²) in [6.07, 6.45) is 2.09. The summed E-state index contributed by atoms with van der Waals surface area (Å²) in [6.45, 7) is 6.33. The Hall–Kier alpha value is -0.800. The molecule has 0 bridgehead atoms. The van der Waals surface area contributed by atoms with Gasteiger partial charge in [-0.3, -0.25) is 0 Å². The van der Waals surface area contributed by atoms with Gasteiger partial charge in [0.1, 0.15) is 12.5 Å². The van der Waals surface area contributed by atoms with E-state index < -0.39 is 16.5 Å². The van der Waals surface area contributed by atoms with Crippen LogP contribution >= 0.6 is 16.5 Å². The number of rotatable bonds is 4. The fraction of sp³-hybridized carbons (Fsp3) is 0. The maximum atomic E-state index is 10.2. The fourth-order valence-electron chi connectivity index (χ4n) is 0.147. The average molecular weight is 214 g/mol. The van der Waals surface area contributed by atoms with Crippen molar-refractivity contribution in [2.75, 3.05) is 0 Å². The van der Waals surface area contributed by atoms with E-state index in [0.717, 1.165) is 12.5 Å². The molecule has 0 saturated carbocycles. The molecule has 0 fully saturated rings. The Morgan fingerprint density at radius 1 is 1.08 bits per heavy atom. The first-order valence-electron chi connectivity index (χ1n) is 2.42. The number of hydrogen-bond donors (Lipinski definition) is 2. The van der Waals surface area contributed by atoms with Crippen molar-refractivity contribution in [1.29, 1.82) is 0 Å². The summed E-state index contributed by atoms with van der Waals surface area (Å²) in [5.74, 6) is 0. The van der Waals surface area contributed by atoms with Crippen LogP contribution in [0.4, 0.5) is 0 Å². The van der Waals surface area contributed by atoms with Crippen LogP contribution in [0.5, 0.6) is 0 Å². The van der Waals surface area contributed by atoms with Crippen LogP contribution in [0.2, 0.25) is 0 Å². The molecular weight excluding hydrogens is 206 g/mol. The highest BCUT2D eigenvalue weighted by Gasteiger charge is 2.15. The molecule has 0 saturated heterocycles. The highest BCUT2D eigenvalue weighted by molar-refractivity contribution is 7.33. The molecule has 0 heterocycles. The third-order valence-corrected chi connectivity index (χ3v) is 0.964. The maximum absolute atomic E-state index is 10.2. The Kier molecular flexibility index (Phi) is 11.7. The van der Waals surface area contributed by atoms with Crippen LogP contribution < -0.4 is 0 Å². The van der Waals surface area contributed by atoms with Gasteiger partial charge < -0.3 is 0 Å². The van der Waals surface area contributed by atoms with Crippen molar-refractivity contribution in [2.45, 2.75) is 0 Å². The lowest BCUT2D eigenvalue weighted by Gasteiger charge is -1.74. The fourth-order valence-corrected chi connectivity index (χ4v) is 0.440. The molecule has 68 valence electrons. The Morgan fingerprint density at radius 2 is 1.33 bits per heavy atom. The van der Waals surface area contributed by atoms with Crippen LogP contribution in [0, 0.1) is 0 Å². The van der Waals surface area contributed by atoms with Crippen molar-refractivity contribution in [2.24, 2.45) is 0 Å². The second-order valence-corrected chi connectivity index (χ2v) is 2.39. The van der Waals surface area contributed by atoms with Gasteiger partial charge >= 0.3 is 16.5 Å². The molecule has 0 aliphatic rings. The topological polar surface area (TPSA) is 93.1 Å². The second-order valence-electron chi connectivity index (χ2n) is 1.02. The normalized spacial score (nSPS) is 6.83. The summed E-state index contributed by atoms with van der Waals surface area (Å²) in [7, 11) is -4.94. The molecule has 0 radical (unpaired) electrons. The summed E-state index contributed by atoms with van der Waals surface area (Å²) < 4.78 is 27.4. The summed E-state index contributed by atoms with van der Waals surface area (Å²) >= 11 is 0. The van der Waals surface area contributed by atoms with E-state index >= 15 is 0 Å². The van der Waals surface area contributed by atoms with Crippen molar-refractivity contribution in [3.05, 3.63) is 25.7 Å². The van der Waals surface area contributed by atoms with Gasteiger partial charge in [-0.2, -0.15) is 0 Å². The Labute approximate surface area is 71.0 Å². The van der Waals surface area contributed by atoms with E-state index in [2.05, 4.69) is 22.2 Å². The predicted molar refractivity (Wildman–Crippen MR) is 42.2 cm³/mol. The minimum atomic E-state index is -2.87. The molecule has 0 atom stereocenters. The Bertz CT molecular complexity index is 162. The van der Waals surface area contributed by atoms with Crippen molar-refractivity contribution in [1.82, 2.24) is 0 Å². The van der Waals surface area contributed by atoms with Gasteiger partial charge in [-0.05, 0) is 0 Å². The van der Waals surface area contributed by atoms with Gasteiger partial charge in [0.15, 0.2) is 0 Å². The lowest BCUT2D eigenvalue weighted by Crippen LogP contribution is -1.64. The smallest absolute Gasteiger partial charge is 0.231 e. The van der Waals surface area contributed by atoms with Gasteiger partial charge in [0.25, 0.3) is 0 Å². The van der Waals surface area contributed by atoms with Gasteiger partial charge in [0, 0.05) is 9.13 Å². The first-order valence-corrected chi connectivity index (χ1v) is 4.68. The monoisotopic (exact) mass is 214 g/mol. The molecule has 8 heteroatoms. The van der Waals surface area contributed by atoms with Crippen LogP contribution in [0.3, 0.4) is 0 Å². The van der Waals surface area contributed by atoms with E-state index in [1.807, 2.05) is 0 Å². The van der Waals surface area contributed by atoms with Crippen LogP contribution in [-0.4, -0.2) is 9.79 Å². The maximum Gasteiger partial charge on any atom is 0.804 e. The number of hydrogen-bond acceptors (Lipinski definition) is 4. The van der Waals surface area contributed by atoms with Crippen molar-refractivity contribution >= 4 is 16.5 Å². The van der Waals surface area contributed by atoms with E-state index in [-0.39, 0.29) is 0 Å². The molecule has 0 rings (SSSR count). The molecule has 0 aromatic carbocycles. The lowest BCUT2D eigenvalue weighted by atomic mass is 11.2. The van der Waals surface area contributed by atoms with Crippen molar-refractivity contribution in [3.8, 4) is 0 Å². The van der Waals surface area contributed by atoms with Gasteiger partial charge in [-0.1, -0.05) is 13.2 Å². The lowest BCUT2D eigenvalue weighted by molar-refractivity contribution is 0.357. The van der Waals surface area contributed by atoms with E-state index in [1.54, 1.807) is 0 Å². The van der Waals surface area contributed by atoms with Crippen LogP contribution in [0.25, 0.3) is 0 Å². The minimum Gasteiger partial charge on any atom is -0.231 e. The third-order valence-electron chi connectivity index (χ3n) is 0.321. The summed E-state index contributed by atoms with van der Waals surface area (Å²) in [4.78, 5) is 14.2. The quantitative estimate of drug-likeness (QED) is 0.545. The molecule has 2 N–H and O–H groups in total. The molecule has 12 heavy (non-hydrogen) atoms. The molecule has 0 aromatic heterocycles. The molecule has 0 amide bonds. The zero-order chi connectivity index (χ0) is 9.98. The van der Waals surface area contributed by atoms with Gasteiger partial charge in [-0.15, -0.1) is 9.79 Å². The zero-order valence-electron chi connectivity index (χ0n) is 5.99.